The molecule has 2 amide bonds. The van der Waals surface area contributed by atoms with Crippen LogP contribution in [0.4, 0.5) is 0 Å². The highest BCUT2D eigenvalue weighted by molar-refractivity contribution is 7.10. The van der Waals surface area contributed by atoms with Crippen molar-refractivity contribution >= 4 is 23.2 Å². The molecule has 2 aliphatic rings. The zero-order valence-corrected chi connectivity index (χ0v) is 13.6. The van der Waals surface area contributed by atoms with E-state index in [9.17, 15) is 9.59 Å². The van der Waals surface area contributed by atoms with E-state index in [1.807, 2.05) is 4.90 Å². The van der Waals surface area contributed by atoms with Gasteiger partial charge in [-0.2, -0.15) is 0 Å². The highest BCUT2D eigenvalue weighted by atomic mass is 32.1. The zero-order valence-electron chi connectivity index (χ0n) is 12.7. The van der Waals surface area contributed by atoms with Gasteiger partial charge in [0.2, 0.25) is 11.8 Å². The van der Waals surface area contributed by atoms with Gasteiger partial charge in [0.15, 0.2) is 0 Å². The van der Waals surface area contributed by atoms with E-state index in [1.165, 1.54) is 4.88 Å². The summed E-state index contributed by atoms with van der Waals surface area (Å²) in [6.45, 7) is 2.80. The van der Waals surface area contributed by atoms with E-state index in [-0.39, 0.29) is 17.7 Å². The smallest absolute Gasteiger partial charge is 0.236 e. The van der Waals surface area contributed by atoms with Crippen LogP contribution in [0.15, 0.2) is 17.5 Å². The van der Waals surface area contributed by atoms with Gasteiger partial charge in [0.1, 0.15) is 0 Å². The van der Waals surface area contributed by atoms with Crippen LogP contribution in [0.25, 0.3) is 0 Å². The third kappa shape index (κ3) is 3.33. The molecule has 0 spiro atoms. The molecule has 0 aromatic carbocycles. The molecule has 1 atom stereocenters. The molecular weight excluding hydrogens is 298 g/mol. The molecule has 22 heavy (non-hydrogen) atoms. The molecule has 0 radical (unpaired) electrons. The maximum absolute atomic E-state index is 12.5. The van der Waals surface area contributed by atoms with E-state index in [0.29, 0.717) is 38.5 Å². The molecule has 0 aliphatic carbocycles. The number of piperidine rings is 1. The van der Waals surface area contributed by atoms with E-state index in [1.54, 1.807) is 11.3 Å². The Bertz CT molecular complexity index is 524. The number of rotatable bonds is 4. The van der Waals surface area contributed by atoms with Gasteiger partial charge < -0.3 is 10.6 Å². The summed E-state index contributed by atoms with van der Waals surface area (Å²) in [6.07, 6.45) is 3.70. The van der Waals surface area contributed by atoms with Crippen LogP contribution in [0.5, 0.6) is 0 Å². The number of primary amides is 1. The highest BCUT2D eigenvalue weighted by Gasteiger charge is 2.31. The van der Waals surface area contributed by atoms with E-state index in [2.05, 4.69) is 22.4 Å². The van der Waals surface area contributed by atoms with Crippen LogP contribution in [0.2, 0.25) is 0 Å². The van der Waals surface area contributed by atoms with Gasteiger partial charge >= 0.3 is 0 Å². The summed E-state index contributed by atoms with van der Waals surface area (Å²) in [5.74, 6) is -0.106. The Morgan fingerprint density at radius 2 is 2.00 bits per heavy atom. The molecular formula is C16H23N3O2S. The molecule has 2 aliphatic heterocycles. The number of nitrogens with two attached hydrogens (primary N) is 1. The molecule has 0 bridgehead atoms. The average molecular weight is 321 g/mol. The Morgan fingerprint density at radius 1 is 1.23 bits per heavy atom. The minimum Gasteiger partial charge on any atom is -0.369 e. The Hall–Kier alpha value is -1.40. The Morgan fingerprint density at radius 3 is 2.64 bits per heavy atom. The van der Waals surface area contributed by atoms with Crippen molar-refractivity contribution in [3.05, 3.63) is 22.4 Å². The first kappa shape index (κ1) is 15.5. The first-order valence-electron chi connectivity index (χ1n) is 7.99. The van der Waals surface area contributed by atoms with E-state index < -0.39 is 0 Å². The second-order valence-electron chi connectivity index (χ2n) is 6.20. The summed E-state index contributed by atoms with van der Waals surface area (Å²) >= 11 is 1.77. The summed E-state index contributed by atoms with van der Waals surface area (Å²) in [7, 11) is 0. The monoisotopic (exact) mass is 321 g/mol. The van der Waals surface area contributed by atoms with E-state index >= 15 is 0 Å². The Kier molecular flexibility index (Phi) is 4.78. The largest absolute Gasteiger partial charge is 0.369 e. The topological polar surface area (TPSA) is 66.6 Å². The third-order valence-corrected chi connectivity index (χ3v) is 5.80. The lowest BCUT2D eigenvalue weighted by atomic mass is 9.96. The summed E-state index contributed by atoms with van der Waals surface area (Å²) in [4.78, 5) is 29.3. The van der Waals surface area contributed by atoms with E-state index in [4.69, 9.17) is 5.73 Å². The maximum Gasteiger partial charge on any atom is 0.236 e. The molecule has 5 nitrogen and oxygen atoms in total. The minimum atomic E-state index is -0.232. The SMILES string of the molecule is NC(=O)C1CCN(C(=O)CN2CCC[C@H]2c2cccs2)CC1. The van der Waals surface area contributed by atoms with Crippen LogP contribution >= 0.6 is 11.3 Å². The quantitative estimate of drug-likeness (QED) is 0.916. The first-order valence-corrected chi connectivity index (χ1v) is 8.87. The van der Waals surface area contributed by atoms with Crippen molar-refractivity contribution in [2.24, 2.45) is 11.7 Å². The van der Waals surface area contributed by atoms with Crippen LogP contribution in [0, 0.1) is 5.92 Å². The van der Waals surface area contributed by atoms with Gasteiger partial charge in [0, 0.05) is 29.9 Å². The lowest BCUT2D eigenvalue weighted by Crippen LogP contribution is -2.45. The highest BCUT2D eigenvalue weighted by Crippen LogP contribution is 2.34. The number of likely N-dealkylation sites (tertiary alicyclic amines) is 2. The number of carbonyl (C=O) groups is 2. The van der Waals surface area contributed by atoms with Crippen molar-refractivity contribution in [1.29, 1.82) is 0 Å². The predicted molar refractivity (Wildman–Crippen MR) is 86.4 cm³/mol. The molecule has 1 aromatic rings. The predicted octanol–water partition coefficient (Wildman–Crippen LogP) is 1.61. The van der Waals surface area contributed by atoms with Crippen molar-refractivity contribution in [2.75, 3.05) is 26.2 Å². The molecule has 2 N–H and O–H groups in total. The van der Waals surface area contributed by atoms with Gasteiger partial charge in [0.05, 0.1) is 6.54 Å². The Balaban J connectivity index is 1.54. The lowest BCUT2D eigenvalue weighted by molar-refractivity contribution is -0.136. The van der Waals surface area contributed by atoms with Crippen LogP contribution < -0.4 is 5.73 Å². The second-order valence-corrected chi connectivity index (χ2v) is 7.18. The summed E-state index contributed by atoms with van der Waals surface area (Å²) < 4.78 is 0. The van der Waals surface area contributed by atoms with Gasteiger partial charge in [-0.25, -0.2) is 0 Å². The van der Waals surface area contributed by atoms with Gasteiger partial charge in [-0.1, -0.05) is 6.07 Å². The number of nitrogens with zero attached hydrogens (tertiary/aromatic N) is 2. The number of hydrogen-bond donors (Lipinski definition) is 1. The van der Waals surface area contributed by atoms with Gasteiger partial charge in [-0.3, -0.25) is 14.5 Å². The normalized spacial score (nSPS) is 23.8. The van der Waals surface area contributed by atoms with Crippen molar-refractivity contribution < 1.29 is 9.59 Å². The fourth-order valence-corrected chi connectivity index (χ4v) is 4.40. The van der Waals surface area contributed by atoms with Gasteiger partial charge in [0.25, 0.3) is 0 Å². The lowest BCUT2D eigenvalue weighted by Gasteiger charge is -2.32. The van der Waals surface area contributed by atoms with Crippen molar-refractivity contribution in [3.8, 4) is 0 Å². The maximum atomic E-state index is 12.5. The summed E-state index contributed by atoms with van der Waals surface area (Å²) in [5.41, 5.74) is 5.34. The Labute approximate surface area is 135 Å². The molecule has 2 fully saturated rings. The zero-order chi connectivity index (χ0) is 15.5. The van der Waals surface area contributed by atoms with Crippen LogP contribution in [-0.4, -0.2) is 47.8 Å². The third-order valence-electron chi connectivity index (χ3n) is 4.82. The second kappa shape index (κ2) is 6.79. The fraction of sp³-hybridized carbons (Fsp3) is 0.625. The number of hydrogen-bond acceptors (Lipinski definition) is 4. The minimum absolute atomic E-state index is 0.0605. The fourth-order valence-electron chi connectivity index (χ4n) is 3.51. The molecule has 0 unspecified atom stereocenters. The van der Waals surface area contributed by atoms with Gasteiger partial charge in [-0.05, 0) is 43.7 Å². The van der Waals surface area contributed by atoms with Crippen molar-refractivity contribution in [3.63, 3.8) is 0 Å². The molecule has 120 valence electrons. The van der Waals surface area contributed by atoms with Crippen LogP contribution in [0.3, 0.4) is 0 Å². The number of amides is 2. The van der Waals surface area contributed by atoms with E-state index in [0.717, 1.165) is 19.4 Å². The molecule has 6 heteroatoms. The molecule has 0 saturated carbocycles. The molecule has 2 saturated heterocycles. The molecule has 3 rings (SSSR count). The van der Waals surface area contributed by atoms with Crippen molar-refractivity contribution in [1.82, 2.24) is 9.80 Å². The first-order chi connectivity index (χ1) is 10.6. The summed E-state index contributed by atoms with van der Waals surface area (Å²) in [5, 5.41) is 2.10. The van der Waals surface area contributed by atoms with Crippen LogP contribution in [0.1, 0.15) is 36.6 Å². The van der Waals surface area contributed by atoms with Crippen LogP contribution in [-0.2, 0) is 9.59 Å². The molecule has 3 heterocycles. The number of carbonyl (C=O) groups excluding carboxylic acids is 2. The average Bonchev–Trinajstić information content (AvgIpc) is 3.18. The van der Waals surface area contributed by atoms with Gasteiger partial charge in [-0.15, -0.1) is 11.3 Å². The number of thiophene rings is 1. The standard InChI is InChI=1S/C16H23N3O2S/c17-16(21)12-5-8-18(9-6-12)15(20)11-19-7-1-3-13(19)14-4-2-10-22-14/h2,4,10,12-13H,1,3,5-9,11H2,(H2,17,21)/t13-/m0/s1. The molecule has 1 aromatic heterocycles. The summed E-state index contributed by atoms with van der Waals surface area (Å²) in [6, 6.07) is 4.63. The van der Waals surface area contributed by atoms with Crippen molar-refractivity contribution in [2.45, 2.75) is 31.7 Å².